The van der Waals surface area contributed by atoms with Crippen LogP contribution < -0.4 is 5.32 Å². The molecule has 1 aliphatic rings. The summed E-state index contributed by atoms with van der Waals surface area (Å²) in [5.74, 6) is 0.214. The van der Waals surface area contributed by atoms with Crippen molar-refractivity contribution in [3.05, 3.63) is 30.1 Å². The number of likely N-dealkylation sites (N-methyl/N-ethyl adjacent to an activating group) is 1. The topological polar surface area (TPSA) is 45.2 Å². The van der Waals surface area contributed by atoms with E-state index in [1.54, 1.807) is 4.90 Å². The highest BCUT2D eigenvalue weighted by atomic mass is 16.2. The normalized spacial score (nSPS) is 22.4. The molecule has 2 rings (SSSR count). The molecule has 1 saturated heterocycles. The summed E-state index contributed by atoms with van der Waals surface area (Å²) in [4.78, 5) is 18.4. The Balaban J connectivity index is 1.93. The first kappa shape index (κ1) is 14.0. The molecule has 1 fully saturated rings. The standard InChI is InChI=1S/C15H23N3O/c1-18(2)14(19)15(10-6-12-17-15)9-5-8-13-7-3-4-11-16-13/h3-4,7,11,17H,5-6,8-10,12H2,1-2H3. The van der Waals surface area contributed by atoms with Crippen LogP contribution in [0.1, 0.15) is 31.4 Å². The van der Waals surface area contributed by atoms with Gasteiger partial charge in [-0.15, -0.1) is 0 Å². The third kappa shape index (κ3) is 3.32. The lowest BCUT2D eigenvalue weighted by Gasteiger charge is -2.31. The van der Waals surface area contributed by atoms with E-state index in [1.165, 1.54) is 0 Å². The Morgan fingerprint density at radius 1 is 1.47 bits per heavy atom. The molecule has 0 aliphatic carbocycles. The van der Waals surface area contributed by atoms with Crippen molar-refractivity contribution in [2.24, 2.45) is 0 Å². The second-order valence-electron chi connectivity index (χ2n) is 5.49. The van der Waals surface area contributed by atoms with Crippen molar-refractivity contribution in [3.63, 3.8) is 0 Å². The van der Waals surface area contributed by atoms with Crippen LogP contribution in [0.4, 0.5) is 0 Å². The lowest BCUT2D eigenvalue weighted by molar-refractivity contribution is -0.135. The molecule has 1 aromatic heterocycles. The van der Waals surface area contributed by atoms with E-state index in [2.05, 4.69) is 10.3 Å². The number of aromatic nitrogens is 1. The van der Waals surface area contributed by atoms with Crippen molar-refractivity contribution in [2.45, 2.75) is 37.6 Å². The first-order valence-corrected chi connectivity index (χ1v) is 7.01. The summed E-state index contributed by atoms with van der Waals surface area (Å²) in [6.07, 6.45) is 6.68. The fraction of sp³-hybridized carbons (Fsp3) is 0.600. The molecule has 0 spiro atoms. The second kappa shape index (κ2) is 6.15. The maximum absolute atomic E-state index is 12.4. The fourth-order valence-electron chi connectivity index (χ4n) is 2.85. The van der Waals surface area contributed by atoms with E-state index < -0.39 is 0 Å². The van der Waals surface area contributed by atoms with Gasteiger partial charge in [-0.25, -0.2) is 0 Å². The molecule has 1 aliphatic heterocycles. The fourth-order valence-corrected chi connectivity index (χ4v) is 2.85. The van der Waals surface area contributed by atoms with Crippen LogP contribution >= 0.6 is 0 Å². The van der Waals surface area contributed by atoms with Crippen LogP contribution in [0.15, 0.2) is 24.4 Å². The molecule has 4 heteroatoms. The molecule has 0 aromatic carbocycles. The van der Waals surface area contributed by atoms with E-state index >= 15 is 0 Å². The molecule has 0 radical (unpaired) electrons. The average molecular weight is 261 g/mol. The summed E-state index contributed by atoms with van der Waals surface area (Å²) in [5.41, 5.74) is 0.770. The van der Waals surface area contributed by atoms with Crippen molar-refractivity contribution in [1.82, 2.24) is 15.2 Å². The number of nitrogens with one attached hydrogen (secondary N) is 1. The van der Waals surface area contributed by atoms with Crippen LogP contribution in [-0.4, -0.2) is 42.0 Å². The predicted molar refractivity (Wildman–Crippen MR) is 75.8 cm³/mol. The van der Waals surface area contributed by atoms with Crippen molar-refractivity contribution in [3.8, 4) is 0 Å². The van der Waals surface area contributed by atoms with Crippen LogP contribution in [0.25, 0.3) is 0 Å². The number of aryl methyl sites for hydroxylation is 1. The smallest absolute Gasteiger partial charge is 0.242 e. The Hall–Kier alpha value is -1.42. The van der Waals surface area contributed by atoms with Gasteiger partial charge < -0.3 is 10.2 Å². The Bertz CT molecular complexity index is 411. The van der Waals surface area contributed by atoms with Crippen molar-refractivity contribution in [2.75, 3.05) is 20.6 Å². The number of nitrogens with zero attached hydrogens (tertiary/aromatic N) is 2. The first-order chi connectivity index (χ1) is 9.14. The number of pyridine rings is 1. The monoisotopic (exact) mass is 261 g/mol. The minimum Gasteiger partial charge on any atom is -0.347 e. The summed E-state index contributed by atoms with van der Waals surface area (Å²) in [7, 11) is 3.67. The molecule has 1 aromatic rings. The van der Waals surface area contributed by atoms with Gasteiger partial charge in [0.2, 0.25) is 5.91 Å². The highest BCUT2D eigenvalue weighted by molar-refractivity contribution is 5.86. The lowest BCUT2D eigenvalue weighted by atomic mass is 9.89. The molecule has 0 bridgehead atoms. The zero-order valence-corrected chi connectivity index (χ0v) is 11.9. The first-order valence-electron chi connectivity index (χ1n) is 7.01. The quantitative estimate of drug-likeness (QED) is 0.876. The molecule has 1 N–H and O–H groups in total. The molecule has 19 heavy (non-hydrogen) atoms. The van der Waals surface area contributed by atoms with Crippen LogP contribution in [0.3, 0.4) is 0 Å². The van der Waals surface area contributed by atoms with E-state index in [-0.39, 0.29) is 11.4 Å². The number of carbonyl (C=O) groups excluding carboxylic acids is 1. The Labute approximate surface area is 115 Å². The molecule has 2 heterocycles. The average Bonchev–Trinajstić information content (AvgIpc) is 2.89. The van der Waals surface area contributed by atoms with Gasteiger partial charge in [-0.2, -0.15) is 0 Å². The number of hydrogen-bond donors (Lipinski definition) is 1. The molecule has 104 valence electrons. The number of carbonyl (C=O) groups is 1. The molecular formula is C15H23N3O. The van der Waals surface area contributed by atoms with Crippen molar-refractivity contribution < 1.29 is 4.79 Å². The minimum atomic E-state index is -0.335. The van der Waals surface area contributed by atoms with Gasteiger partial charge in [0.25, 0.3) is 0 Å². The number of rotatable bonds is 5. The van der Waals surface area contributed by atoms with E-state index in [0.29, 0.717) is 0 Å². The van der Waals surface area contributed by atoms with Gasteiger partial charge in [0.05, 0.1) is 5.54 Å². The van der Waals surface area contributed by atoms with Gasteiger partial charge in [-0.3, -0.25) is 9.78 Å². The highest BCUT2D eigenvalue weighted by Gasteiger charge is 2.41. The summed E-state index contributed by atoms with van der Waals surface area (Å²) >= 11 is 0. The largest absolute Gasteiger partial charge is 0.347 e. The summed E-state index contributed by atoms with van der Waals surface area (Å²) in [5, 5.41) is 3.43. The van der Waals surface area contributed by atoms with Crippen LogP contribution in [-0.2, 0) is 11.2 Å². The van der Waals surface area contributed by atoms with E-state index in [9.17, 15) is 4.79 Å². The minimum absolute atomic E-state index is 0.214. The lowest BCUT2D eigenvalue weighted by Crippen LogP contribution is -2.53. The molecule has 1 atom stereocenters. The van der Waals surface area contributed by atoms with Crippen LogP contribution in [0, 0.1) is 0 Å². The SMILES string of the molecule is CN(C)C(=O)C1(CCCc2ccccn2)CCCN1. The highest BCUT2D eigenvalue weighted by Crippen LogP contribution is 2.27. The van der Waals surface area contributed by atoms with E-state index in [4.69, 9.17) is 0 Å². The molecule has 1 unspecified atom stereocenters. The van der Waals surface area contributed by atoms with Gasteiger partial charge in [0.1, 0.15) is 0 Å². The van der Waals surface area contributed by atoms with Crippen molar-refractivity contribution >= 4 is 5.91 Å². The van der Waals surface area contributed by atoms with Gasteiger partial charge in [0.15, 0.2) is 0 Å². The predicted octanol–water partition coefficient (Wildman–Crippen LogP) is 1.61. The molecule has 4 nitrogen and oxygen atoms in total. The number of hydrogen-bond acceptors (Lipinski definition) is 3. The summed E-state index contributed by atoms with van der Waals surface area (Å²) < 4.78 is 0. The molecule has 1 amide bonds. The summed E-state index contributed by atoms with van der Waals surface area (Å²) in [6, 6.07) is 5.98. The zero-order chi connectivity index (χ0) is 13.7. The Morgan fingerprint density at radius 2 is 2.32 bits per heavy atom. The van der Waals surface area contributed by atoms with Crippen LogP contribution in [0.5, 0.6) is 0 Å². The van der Waals surface area contributed by atoms with Crippen LogP contribution in [0.2, 0.25) is 0 Å². The van der Waals surface area contributed by atoms with Gasteiger partial charge in [-0.1, -0.05) is 6.07 Å². The maximum Gasteiger partial charge on any atom is 0.242 e. The van der Waals surface area contributed by atoms with Gasteiger partial charge in [-0.05, 0) is 50.8 Å². The van der Waals surface area contributed by atoms with Gasteiger partial charge >= 0.3 is 0 Å². The summed E-state index contributed by atoms with van der Waals surface area (Å²) in [6.45, 7) is 0.948. The van der Waals surface area contributed by atoms with E-state index in [1.807, 2.05) is 38.5 Å². The van der Waals surface area contributed by atoms with E-state index in [0.717, 1.165) is 44.3 Å². The number of amides is 1. The van der Waals surface area contributed by atoms with Gasteiger partial charge in [0, 0.05) is 26.0 Å². The second-order valence-corrected chi connectivity index (χ2v) is 5.49. The third-order valence-corrected chi connectivity index (χ3v) is 3.82. The Kier molecular flexibility index (Phi) is 4.53. The maximum atomic E-state index is 12.4. The third-order valence-electron chi connectivity index (χ3n) is 3.82. The zero-order valence-electron chi connectivity index (χ0n) is 11.9. The Morgan fingerprint density at radius 3 is 2.89 bits per heavy atom. The van der Waals surface area contributed by atoms with Crippen molar-refractivity contribution in [1.29, 1.82) is 0 Å². The molecular weight excluding hydrogens is 238 g/mol. The molecule has 0 saturated carbocycles.